The molecular formula is C12H11ClN2O5. The second-order valence-electron chi connectivity index (χ2n) is 3.57. The van der Waals surface area contributed by atoms with Crippen LogP contribution in [0.4, 0.5) is 11.4 Å². The van der Waals surface area contributed by atoms with E-state index in [2.05, 4.69) is 10.1 Å². The fraction of sp³-hybridized carbons (Fsp3) is 0.167. The third kappa shape index (κ3) is 4.69. The smallest absolute Gasteiger partial charge is 0.330 e. The highest BCUT2D eigenvalue weighted by atomic mass is 35.5. The van der Waals surface area contributed by atoms with Crippen molar-refractivity contribution in [2.45, 2.75) is 6.92 Å². The van der Waals surface area contributed by atoms with Gasteiger partial charge in [-0.3, -0.25) is 14.9 Å². The van der Waals surface area contributed by atoms with Crippen LogP contribution in [-0.4, -0.2) is 23.4 Å². The number of carbonyl (C=O) groups is 2. The molecule has 0 atom stereocenters. The van der Waals surface area contributed by atoms with E-state index in [1.54, 1.807) is 6.92 Å². The van der Waals surface area contributed by atoms with Gasteiger partial charge < -0.3 is 10.1 Å². The number of hydrogen-bond donors (Lipinski definition) is 1. The van der Waals surface area contributed by atoms with Gasteiger partial charge in [-0.25, -0.2) is 4.79 Å². The van der Waals surface area contributed by atoms with Gasteiger partial charge in [0.1, 0.15) is 5.69 Å². The van der Waals surface area contributed by atoms with Crippen LogP contribution in [0.25, 0.3) is 0 Å². The van der Waals surface area contributed by atoms with E-state index in [-0.39, 0.29) is 16.4 Å². The van der Waals surface area contributed by atoms with E-state index in [0.29, 0.717) is 0 Å². The molecule has 0 heterocycles. The number of anilines is 1. The normalized spacial score (nSPS) is 10.3. The summed E-state index contributed by atoms with van der Waals surface area (Å²) < 4.78 is 4.61. The molecule has 0 aliphatic heterocycles. The zero-order chi connectivity index (χ0) is 15.1. The molecule has 0 unspecified atom stereocenters. The molecule has 7 nitrogen and oxygen atoms in total. The largest absolute Gasteiger partial charge is 0.452 e. The lowest BCUT2D eigenvalue weighted by Gasteiger charge is -2.06. The lowest BCUT2D eigenvalue weighted by atomic mass is 10.2. The number of nitrogens with one attached hydrogen (secondary N) is 1. The molecule has 1 N–H and O–H groups in total. The Bertz CT molecular complexity index is 571. The molecule has 0 saturated carbocycles. The second kappa shape index (κ2) is 7.25. The number of rotatable bonds is 5. The van der Waals surface area contributed by atoms with Crippen molar-refractivity contribution in [1.29, 1.82) is 0 Å². The molecule has 1 aromatic rings. The lowest BCUT2D eigenvalue weighted by Crippen LogP contribution is -2.20. The third-order valence-corrected chi connectivity index (χ3v) is 2.31. The highest BCUT2D eigenvalue weighted by Crippen LogP contribution is 2.27. The van der Waals surface area contributed by atoms with E-state index in [4.69, 9.17) is 11.6 Å². The highest BCUT2D eigenvalue weighted by Gasteiger charge is 2.16. The molecule has 0 saturated heterocycles. The van der Waals surface area contributed by atoms with Gasteiger partial charge in [-0.05, 0) is 19.1 Å². The number of nitro groups is 1. The van der Waals surface area contributed by atoms with Gasteiger partial charge in [0.05, 0.1) is 4.92 Å². The molecule has 1 rings (SSSR count). The van der Waals surface area contributed by atoms with Crippen molar-refractivity contribution in [3.8, 4) is 0 Å². The monoisotopic (exact) mass is 298 g/mol. The predicted molar refractivity (Wildman–Crippen MR) is 72.5 cm³/mol. The summed E-state index contributed by atoms with van der Waals surface area (Å²) in [6.07, 6.45) is 2.61. The second-order valence-corrected chi connectivity index (χ2v) is 4.01. The fourth-order valence-corrected chi connectivity index (χ4v) is 1.44. The van der Waals surface area contributed by atoms with Gasteiger partial charge in [0.25, 0.3) is 11.6 Å². The van der Waals surface area contributed by atoms with Crippen LogP contribution in [0.1, 0.15) is 6.92 Å². The van der Waals surface area contributed by atoms with Crippen LogP contribution in [-0.2, 0) is 14.3 Å². The first-order valence-corrected chi connectivity index (χ1v) is 5.85. The Labute approximate surface area is 119 Å². The van der Waals surface area contributed by atoms with Gasteiger partial charge in [0.15, 0.2) is 6.61 Å². The van der Waals surface area contributed by atoms with Gasteiger partial charge in [-0.2, -0.15) is 0 Å². The number of amides is 1. The van der Waals surface area contributed by atoms with Crippen molar-refractivity contribution in [3.63, 3.8) is 0 Å². The van der Waals surface area contributed by atoms with Crippen molar-refractivity contribution in [2.24, 2.45) is 0 Å². The molecule has 106 valence electrons. The van der Waals surface area contributed by atoms with E-state index in [0.717, 1.165) is 12.1 Å². The van der Waals surface area contributed by atoms with Crippen molar-refractivity contribution in [1.82, 2.24) is 0 Å². The standard InChI is InChI=1S/C12H11ClN2O5/c1-2-3-12(17)20-7-11(16)14-9-5-4-8(13)6-10(9)15(18)19/h2-6H,7H2,1H3,(H,14,16). The van der Waals surface area contributed by atoms with Gasteiger partial charge in [0, 0.05) is 17.2 Å². The maximum absolute atomic E-state index is 11.5. The van der Waals surface area contributed by atoms with Crippen LogP contribution in [0.5, 0.6) is 0 Å². The zero-order valence-corrected chi connectivity index (χ0v) is 11.2. The zero-order valence-electron chi connectivity index (χ0n) is 10.5. The van der Waals surface area contributed by atoms with Crippen molar-refractivity contribution in [2.75, 3.05) is 11.9 Å². The molecular weight excluding hydrogens is 288 g/mol. The average molecular weight is 299 g/mol. The Morgan fingerprint density at radius 2 is 2.20 bits per heavy atom. The molecule has 1 amide bonds. The summed E-state index contributed by atoms with van der Waals surface area (Å²) >= 11 is 5.64. The topological polar surface area (TPSA) is 98.5 Å². The molecule has 0 aromatic heterocycles. The Balaban J connectivity index is 2.71. The van der Waals surface area contributed by atoms with Crippen LogP contribution < -0.4 is 5.32 Å². The van der Waals surface area contributed by atoms with Crippen LogP contribution >= 0.6 is 11.6 Å². The Morgan fingerprint density at radius 3 is 2.80 bits per heavy atom. The molecule has 20 heavy (non-hydrogen) atoms. The van der Waals surface area contributed by atoms with E-state index < -0.39 is 23.4 Å². The first-order chi connectivity index (χ1) is 9.43. The van der Waals surface area contributed by atoms with Crippen LogP contribution in [0.2, 0.25) is 5.02 Å². The number of nitrogens with zero attached hydrogens (tertiary/aromatic N) is 1. The Kier molecular flexibility index (Phi) is 5.67. The van der Waals surface area contributed by atoms with Crippen molar-refractivity contribution in [3.05, 3.63) is 45.5 Å². The number of ether oxygens (including phenoxy) is 1. The number of hydrogen-bond acceptors (Lipinski definition) is 5. The van der Waals surface area contributed by atoms with Crippen LogP contribution in [0.15, 0.2) is 30.4 Å². The molecule has 0 aliphatic rings. The molecule has 0 bridgehead atoms. The molecule has 0 spiro atoms. The number of allylic oxidation sites excluding steroid dienone is 1. The van der Waals surface area contributed by atoms with Crippen molar-refractivity contribution >= 4 is 34.9 Å². The van der Waals surface area contributed by atoms with Crippen molar-refractivity contribution < 1.29 is 19.2 Å². The summed E-state index contributed by atoms with van der Waals surface area (Å²) in [5.41, 5.74) is -0.364. The van der Waals surface area contributed by atoms with E-state index >= 15 is 0 Å². The molecule has 0 fully saturated rings. The molecule has 0 aliphatic carbocycles. The third-order valence-electron chi connectivity index (χ3n) is 2.08. The molecule has 8 heteroatoms. The van der Waals surface area contributed by atoms with Gasteiger partial charge in [-0.15, -0.1) is 0 Å². The molecule has 0 radical (unpaired) electrons. The van der Waals surface area contributed by atoms with Gasteiger partial charge >= 0.3 is 5.97 Å². The Morgan fingerprint density at radius 1 is 1.50 bits per heavy atom. The quantitative estimate of drug-likeness (QED) is 0.389. The van der Waals surface area contributed by atoms with Crippen LogP contribution in [0.3, 0.4) is 0 Å². The average Bonchev–Trinajstić information content (AvgIpc) is 2.38. The summed E-state index contributed by atoms with van der Waals surface area (Å²) in [6, 6.07) is 3.81. The van der Waals surface area contributed by atoms with Crippen LogP contribution in [0, 0.1) is 10.1 Å². The minimum absolute atomic E-state index is 0.0218. The first kappa shape index (κ1) is 15.6. The first-order valence-electron chi connectivity index (χ1n) is 5.47. The number of nitro benzene ring substituents is 1. The number of benzene rings is 1. The van der Waals surface area contributed by atoms with Gasteiger partial charge in [0.2, 0.25) is 0 Å². The summed E-state index contributed by atoms with van der Waals surface area (Å²) in [5, 5.41) is 13.3. The van der Waals surface area contributed by atoms with E-state index in [1.807, 2.05) is 0 Å². The highest BCUT2D eigenvalue weighted by molar-refractivity contribution is 6.31. The maximum Gasteiger partial charge on any atom is 0.330 e. The summed E-state index contributed by atoms with van der Waals surface area (Å²) in [5.74, 6) is -1.36. The number of esters is 1. The summed E-state index contributed by atoms with van der Waals surface area (Å²) in [6.45, 7) is 1.08. The fourth-order valence-electron chi connectivity index (χ4n) is 1.27. The van der Waals surface area contributed by atoms with E-state index in [9.17, 15) is 19.7 Å². The predicted octanol–water partition coefficient (Wildman–Crippen LogP) is 2.31. The minimum Gasteiger partial charge on any atom is -0.452 e. The summed E-state index contributed by atoms with van der Waals surface area (Å²) in [4.78, 5) is 32.7. The van der Waals surface area contributed by atoms with E-state index in [1.165, 1.54) is 18.2 Å². The number of carbonyl (C=O) groups excluding carboxylic acids is 2. The maximum atomic E-state index is 11.5. The van der Waals surface area contributed by atoms with Gasteiger partial charge in [-0.1, -0.05) is 17.7 Å². The number of halogens is 1. The summed E-state index contributed by atoms with van der Waals surface area (Å²) in [7, 11) is 0. The minimum atomic E-state index is -0.687. The molecule has 1 aromatic carbocycles. The lowest BCUT2D eigenvalue weighted by molar-refractivity contribution is -0.383. The Hall–Kier alpha value is -2.41. The SMILES string of the molecule is CC=CC(=O)OCC(=O)Nc1ccc(Cl)cc1[N+](=O)[O-].